The summed E-state index contributed by atoms with van der Waals surface area (Å²) in [6, 6.07) is 5.83. The van der Waals surface area contributed by atoms with E-state index < -0.39 is 0 Å². The number of nitrogens with zero attached hydrogens (tertiary/aromatic N) is 4. The van der Waals surface area contributed by atoms with Crippen molar-refractivity contribution in [2.24, 2.45) is 0 Å². The first-order chi connectivity index (χ1) is 13.2. The van der Waals surface area contributed by atoms with Crippen molar-refractivity contribution in [1.82, 2.24) is 30.3 Å². The molecule has 0 saturated carbocycles. The van der Waals surface area contributed by atoms with Crippen molar-refractivity contribution < 1.29 is 9.18 Å². The van der Waals surface area contributed by atoms with Gasteiger partial charge in [-0.25, -0.2) is 9.07 Å². The highest BCUT2D eigenvalue weighted by Gasteiger charge is 2.19. The number of halogens is 1. The predicted octanol–water partition coefficient (Wildman–Crippen LogP) is 3.16. The van der Waals surface area contributed by atoms with E-state index in [-0.39, 0.29) is 17.8 Å². The standard InChI is InChI=1S/C19H17FN6O/c1-2-17(12-7-22-23-8-12)25-19(27)16-9-21-11-18-15(16)10-24-26(18)14-5-3-13(20)4-6-14/h3-11,17H,2H2,1H3,(H,22,23)(H,25,27). The van der Waals surface area contributed by atoms with Crippen molar-refractivity contribution in [3.63, 3.8) is 0 Å². The van der Waals surface area contributed by atoms with Gasteiger partial charge >= 0.3 is 0 Å². The maximum Gasteiger partial charge on any atom is 0.254 e. The number of hydrogen-bond acceptors (Lipinski definition) is 4. The summed E-state index contributed by atoms with van der Waals surface area (Å²) in [5.41, 5.74) is 2.71. The maximum absolute atomic E-state index is 13.2. The van der Waals surface area contributed by atoms with Crippen LogP contribution >= 0.6 is 0 Å². The Morgan fingerprint density at radius 3 is 2.74 bits per heavy atom. The molecule has 0 aliphatic heterocycles. The van der Waals surface area contributed by atoms with Crippen LogP contribution in [0.2, 0.25) is 0 Å². The van der Waals surface area contributed by atoms with Crippen molar-refractivity contribution >= 4 is 16.8 Å². The Bertz CT molecular complexity index is 1070. The number of benzene rings is 1. The summed E-state index contributed by atoms with van der Waals surface area (Å²) in [6.45, 7) is 1.99. The molecule has 136 valence electrons. The van der Waals surface area contributed by atoms with Gasteiger partial charge in [0.1, 0.15) is 5.82 Å². The molecule has 1 unspecified atom stereocenters. The lowest BCUT2D eigenvalue weighted by molar-refractivity contribution is 0.0937. The summed E-state index contributed by atoms with van der Waals surface area (Å²) in [4.78, 5) is 17.0. The summed E-state index contributed by atoms with van der Waals surface area (Å²) in [5.74, 6) is -0.557. The highest BCUT2D eigenvalue weighted by molar-refractivity contribution is 6.06. The van der Waals surface area contributed by atoms with E-state index >= 15 is 0 Å². The van der Waals surface area contributed by atoms with E-state index in [0.29, 0.717) is 22.2 Å². The minimum absolute atomic E-state index is 0.154. The van der Waals surface area contributed by atoms with Gasteiger partial charge in [0, 0.05) is 23.3 Å². The van der Waals surface area contributed by atoms with Crippen LogP contribution in [0.3, 0.4) is 0 Å². The average molecular weight is 364 g/mol. The fourth-order valence-electron chi connectivity index (χ4n) is 3.02. The number of nitrogens with one attached hydrogen (secondary N) is 2. The van der Waals surface area contributed by atoms with Crippen molar-refractivity contribution in [2.45, 2.75) is 19.4 Å². The quantitative estimate of drug-likeness (QED) is 0.569. The second kappa shape index (κ2) is 6.99. The van der Waals surface area contributed by atoms with E-state index in [2.05, 4.69) is 25.6 Å². The van der Waals surface area contributed by atoms with Gasteiger partial charge in [-0.1, -0.05) is 6.92 Å². The van der Waals surface area contributed by atoms with Crippen LogP contribution in [0.4, 0.5) is 4.39 Å². The number of carbonyl (C=O) groups is 1. The van der Waals surface area contributed by atoms with Crippen LogP contribution in [0.1, 0.15) is 35.3 Å². The third-order valence-corrected chi connectivity index (χ3v) is 4.45. The smallest absolute Gasteiger partial charge is 0.254 e. The molecular weight excluding hydrogens is 347 g/mol. The molecule has 2 N–H and O–H groups in total. The molecule has 4 aromatic rings. The van der Waals surface area contributed by atoms with Crippen LogP contribution < -0.4 is 5.32 Å². The van der Waals surface area contributed by atoms with Gasteiger partial charge in [-0.05, 0) is 30.7 Å². The molecule has 0 aliphatic carbocycles. The van der Waals surface area contributed by atoms with E-state index in [4.69, 9.17) is 0 Å². The van der Waals surface area contributed by atoms with E-state index in [9.17, 15) is 9.18 Å². The number of carbonyl (C=O) groups excluding carboxylic acids is 1. The minimum atomic E-state index is -0.321. The largest absolute Gasteiger partial charge is 0.345 e. The Hall–Kier alpha value is -3.55. The lowest BCUT2D eigenvalue weighted by Gasteiger charge is -2.15. The molecular formula is C19H17FN6O. The van der Waals surface area contributed by atoms with Gasteiger partial charge in [0.15, 0.2) is 0 Å². The number of rotatable bonds is 5. The number of amides is 1. The number of aromatic amines is 1. The fourth-order valence-corrected chi connectivity index (χ4v) is 3.02. The van der Waals surface area contributed by atoms with E-state index in [1.807, 2.05) is 6.92 Å². The van der Waals surface area contributed by atoms with Crippen LogP contribution in [0.15, 0.2) is 55.2 Å². The molecule has 1 atom stereocenters. The van der Waals surface area contributed by atoms with E-state index in [1.165, 1.54) is 18.3 Å². The normalized spacial score (nSPS) is 12.2. The van der Waals surface area contributed by atoms with Gasteiger partial charge in [0.25, 0.3) is 5.91 Å². The molecule has 3 aromatic heterocycles. The summed E-state index contributed by atoms with van der Waals surface area (Å²) < 4.78 is 14.8. The molecule has 3 heterocycles. The van der Waals surface area contributed by atoms with Crippen molar-refractivity contribution in [2.75, 3.05) is 0 Å². The summed E-state index contributed by atoms with van der Waals surface area (Å²) in [5, 5.41) is 14.7. The zero-order valence-electron chi connectivity index (χ0n) is 14.6. The van der Waals surface area contributed by atoms with Crippen LogP contribution in [0.5, 0.6) is 0 Å². The predicted molar refractivity (Wildman–Crippen MR) is 97.9 cm³/mol. The number of aromatic nitrogens is 5. The maximum atomic E-state index is 13.2. The first kappa shape index (κ1) is 16.9. The number of H-pyrrole nitrogens is 1. The third kappa shape index (κ3) is 3.17. The Kier molecular flexibility index (Phi) is 4.37. The summed E-state index contributed by atoms with van der Waals surface area (Å²) in [6.07, 6.45) is 8.96. The van der Waals surface area contributed by atoms with Crippen molar-refractivity contribution in [1.29, 1.82) is 0 Å². The lowest BCUT2D eigenvalue weighted by Crippen LogP contribution is -2.28. The van der Waals surface area contributed by atoms with Crippen molar-refractivity contribution in [3.05, 3.63) is 72.2 Å². The molecule has 8 heteroatoms. The first-order valence-electron chi connectivity index (χ1n) is 8.54. The minimum Gasteiger partial charge on any atom is -0.345 e. The Balaban J connectivity index is 1.68. The SMILES string of the molecule is CCC(NC(=O)c1cncc2c1cnn2-c1ccc(F)cc1)c1cn[nH]c1. The Labute approximate surface area is 154 Å². The second-order valence-electron chi connectivity index (χ2n) is 6.12. The van der Waals surface area contributed by atoms with Gasteiger partial charge in [-0.3, -0.25) is 14.9 Å². The second-order valence-corrected chi connectivity index (χ2v) is 6.12. The average Bonchev–Trinajstić information content (AvgIpc) is 3.36. The van der Waals surface area contributed by atoms with Gasteiger partial charge in [-0.15, -0.1) is 0 Å². The summed E-state index contributed by atoms with van der Waals surface area (Å²) >= 11 is 0. The van der Waals surface area contributed by atoms with E-state index in [0.717, 1.165) is 12.0 Å². The van der Waals surface area contributed by atoms with Crippen LogP contribution in [-0.4, -0.2) is 30.9 Å². The highest BCUT2D eigenvalue weighted by Crippen LogP contribution is 2.22. The topological polar surface area (TPSA) is 88.5 Å². The molecule has 27 heavy (non-hydrogen) atoms. The third-order valence-electron chi connectivity index (χ3n) is 4.45. The molecule has 0 aliphatic rings. The van der Waals surface area contributed by atoms with Gasteiger partial charge in [-0.2, -0.15) is 10.2 Å². The van der Waals surface area contributed by atoms with Gasteiger partial charge in [0.05, 0.1) is 41.4 Å². The van der Waals surface area contributed by atoms with Gasteiger partial charge in [0.2, 0.25) is 0 Å². The molecule has 0 spiro atoms. The fraction of sp³-hybridized carbons (Fsp3) is 0.158. The molecule has 0 bridgehead atoms. The van der Waals surface area contributed by atoms with E-state index in [1.54, 1.807) is 41.6 Å². The van der Waals surface area contributed by atoms with Gasteiger partial charge < -0.3 is 5.32 Å². The zero-order chi connectivity index (χ0) is 18.8. The van der Waals surface area contributed by atoms with Crippen molar-refractivity contribution in [3.8, 4) is 5.69 Å². The molecule has 1 amide bonds. The zero-order valence-corrected chi connectivity index (χ0v) is 14.6. The number of hydrogen-bond donors (Lipinski definition) is 2. The van der Waals surface area contributed by atoms with Crippen LogP contribution in [-0.2, 0) is 0 Å². The van der Waals surface area contributed by atoms with Crippen LogP contribution in [0.25, 0.3) is 16.6 Å². The first-order valence-corrected chi connectivity index (χ1v) is 8.54. The Morgan fingerprint density at radius 2 is 2.04 bits per heavy atom. The molecule has 1 aromatic carbocycles. The monoisotopic (exact) mass is 364 g/mol. The number of pyridine rings is 1. The molecule has 0 saturated heterocycles. The molecule has 0 fully saturated rings. The van der Waals surface area contributed by atoms with Crippen LogP contribution in [0, 0.1) is 5.82 Å². The highest BCUT2D eigenvalue weighted by atomic mass is 19.1. The summed E-state index contributed by atoms with van der Waals surface area (Å²) in [7, 11) is 0. The molecule has 7 nitrogen and oxygen atoms in total. The number of fused-ring (bicyclic) bond motifs is 1. The lowest BCUT2D eigenvalue weighted by atomic mass is 10.1. The Morgan fingerprint density at radius 1 is 1.22 bits per heavy atom. The molecule has 0 radical (unpaired) electrons. The molecule has 4 rings (SSSR count).